The van der Waals surface area contributed by atoms with Crippen molar-refractivity contribution in [3.63, 3.8) is 0 Å². The smallest absolute Gasteiger partial charge is 0.229 e. The third-order valence-electron chi connectivity index (χ3n) is 3.32. The predicted octanol–water partition coefficient (Wildman–Crippen LogP) is 3.68. The number of hydrogen-bond donors (Lipinski definition) is 1. The Morgan fingerprint density at radius 3 is 2.67 bits per heavy atom. The maximum Gasteiger partial charge on any atom is 0.229 e. The van der Waals surface area contributed by atoms with Crippen molar-refractivity contribution in [3.8, 4) is 0 Å². The summed E-state index contributed by atoms with van der Waals surface area (Å²) in [4.78, 5) is 12.1. The summed E-state index contributed by atoms with van der Waals surface area (Å²) in [7, 11) is 0. The van der Waals surface area contributed by atoms with E-state index < -0.39 is 5.82 Å². The van der Waals surface area contributed by atoms with E-state index in [4.69, 9.17) is 0 Å². The molecule has 4 nitrogen and oxygen atoms in total. The Balaban J connectivity index is 2.06. The molecule has 1 aromatic heterocycles. The molecule has 0 aliphatic carbocycles. The number of aromatic nitrogens is 2. The van der Waals surface area contributed by atoms with E-state index in [0.29, 0.717) is 6.54 Å². The topological polar surface area (TPSA) is 46.9 Å². The molecule has 0 aliphatic rings. The first-order valence-electron chi connectivity index (χ1n) is 6.65. The fourth-order valence-electron chi connectivity index (χ4n) is 2.01. The Kier molecular flexibility index (Phi) is 4.77. The van der Waals surface area contributed by atoms with Crippen LogP contribution in [0.15, 0.2) is 28.7 Å². The van der Waals surface area contributed by atoms with Crippen LogP contribution in [0.25, 0.3) is 0 Å². The molecule has 1 amide bonds. The summed E-state index contributed by atoms with van der Waals surface area (Å²) >= 11 is 3.46. The number of anilines is 1. The van der Waals surface area contributed by atoms with Crippen molar-refractivity contribution in [1.82, 2.24) is 9.78 Å². The molecule has 2 aromatic rings. The molecule has 1 heterocycles. The molecule has 1 aromatic carbocycles. The fraction of sp³-hybridized carbons (Fsp3) is 0.333. The van der Waals surface area contributed by atoms with E-state index in [1.165, 1.54) is 6.07 Å². The molecule has 1 atom stereocenters. The van der Waals surface area contributed by atoms with Crippen molar-refractivity contribution < 1.29 is 9.18 Å². The van der Waals surface area contributed by atoms with Crippen molar-refractivity contribution in [2.24, 2.45) is 5.92 Å². The summed E-state index contributed by atoms with van der Waals surface area (Å²) in [5.74, 6) is -0.995. The van der Waals surface area contributed by atoms with E-state index in [-0.39, 0.29) is 17.5 Å². The highest BCUT2D eigenvalue weighted by molar-refractivity contribution is 9.10. The van der Waals surface area contributed by atoms with Gasteiger partial charge in [0.2, 0.25) is 5.91 Å². The first kappa shape index (κ1) is 15.7. The van der Waals surface area contributed by atoms with Gasteiger partial charge in [0.05, 0.1) is 28.3 Å². The van der Waals surface area contributed by atoms with Crippen LogP contribution in [-0.4, -0.2) is 15.7 Å². The molecule has 0 unspecified atom stereocenters. The molecule has 0 spiro atoms. The van der Waals surface area contributed by atoms with Gasteiger partial charge in [-0.25, -0.2) is 4.39 Å². The van der Waals surface area contributed by atoms with Crippen LogP contribution in [0.1, 0.15) is 18.3 Å². The molecule has 0 saturated carbocycles. The number of benzene rings is 1. The molecule has 0 saturated heterocycles. The van der Waals surface area contributed by atoms with E-state index in [9.17, 15) is 9.18 Å². The lowest BCUT2D eigenvalue weighted by Gasteiger charge is -2.13. The van der Waals surface area contributed by atoms with Crippen LogP contribution in [0.2, 0.25) is 0 Å². The average Bonchev–Trinajstić information content (AvgIpc) is 2.68. The number of rotatable bonds is 4. The Hall–Kier alpha value is -1.69. The standard InChI is InChI=1S/C15H17BrFN3O/c1-9(8-20-11(3)14(16)10(2)19-20)15(21)18-13-7-5-4-6-12(13)17/h4-7,9H,8H2,1-3H3,(H,18,21)/t9-/m1/s1. The Labute approximate surface area is 131 Å². The second kappa shape index (κ2) is 6.39. The first-order chi connectivity index (χ1) is 9.90. The summed E-state index contributed by atoms with van der Waals surface area (Å²) in [5.41, 5.74) is 2.05. The van der Waals surface area contributed by atoms with Crippen LogP contribution in [0.4, 0.5) is 10.1 Å². The lowest BCUT2D eigenvalue weighted by molar-refractivity contribution is -0.119. The number of nitrogens with one attached hydrogen (secondary N) is 1. The molecule has 112 valence electrons. The number of amides is 1. The first-order valence-corrected chi connectivity index (χ1v) is 7.44. The Bertz CT molecular complexity index is 669. The molecule has 6 heteroatoms. The molecule has 2 rings (SSSR count). The van der Waals surface area contributed by atoms with Crippen molar-refractivity contribution >= 4 is 27.5 Å². The van der Waals surface area contributed by atoms with E-state index >= 15 is 0 Å². The number of carbonyl (C=O) groups excluding carboxylic acids is 1. The minimum Gasteiger partial charge on any atom is -0.323 e. The van der Waals surface area contributed by atoms with Crippen LogP contribution < -0.4 is 5.32 Å². The van der Waals surface area contributed by atoms with Crippen LogP contribution in [0.5, 0.6) is 0 Å². The zero-order valence-corrected chi connectivity index (χ0v) is 13.7. The van der Waals surface area contributed by atoms with Crippen LogP contribution in [0, 0.1) is 25.6 Å². The zero-order chi connectivity index (χ0) is 15.6. The van der Waals surface area contributed by atoms with Gasteiger partial charge >= 0.3 is 0 Å². The quantitative estimate of drug-likeness (QED) is 0.911. The van der Waals surface area contributed by atoms with Crippen LogP contribution in [-0.2, 0) is 11.3 Å². The lowest BCUT2D eigenvalue weighted by atomic mass is 10.1. The normalized spacial score (nSPS) is 12.2. The molecule has 0 fully saturated rings. The highest BCUT2D eigenvalue weighted by Gasteiger charge is 2.18. The van der Waals surface area contributed by atoms with Crippen molar-refractivity contribution in [3.05, 3.63) is 45.9 Å². The maximum absolute atomic E-state index is 13.5. The van der Waals surface area contributed by atoms with E-state index in [1.807, 2.05) is 13.8 Å². The van der Waals surface area contributed by atoms with Crippen LogP contribution in [0.3, 0.4) is 0 Å². The minimum atomic E-state index is -0.438. The third kappa shape index (κ3) is 3.50. The fourth-order valence-corrected chi connectivity index (χ4v) is 2.30. The number of nitrogens with zero attached hydrogens (tertiary/aromatic N) is 2. The highest BCUT2D eigenvalue weighted by Crippen LogP contribution is 2.21. The maximum atomic E-state index is 13.5. The summed E-state index contributed by atoms with van der Waals surface area (Å²) in [6.07, 6.45) is 0. The van der Waals surface area contributed by atoms with Gasteiger partial charge in [0.1, 0.15) is 5.82 Å². The zero-order valence-electron chi connectivity index (χ0n) is 12.2. The number of hydrogen-bond acceptors (Lipinski definition) is 2. The molecule has 1 N–H and O–H groups in total. The van der Waals surface area contributed by atoms with Crippen LogP contribution >= 0.6 is 15.9 Å². The van der Waals surface area contributed by atoms with Crippen molar-refractivity contribution in [2.45, 2.75) is 27.3 Å². The van der Waals surface area contributed by atoms with Crippen molar-refractivity contribution in [2.75, 3.05) is 5.32 Å². The van der Waals surface area contributed by atoms with Gasteiger partial charge in [0.25, 0.3) is 0 Å². The van der Waals surface area contributed by atoms with E-state index in [2.05, 4.69) is 26.3 Å². The van der Waals surface area contributed by atoms with Gasteiger partial charge in [-0.15, -0.1) is 0 Å². The third-order valence-corrected chi connectivity index (χ3v) is 4.47. The molecule has 0 aliphatic heterocycles. The van der Waals surface area contributed by atoms with Gasteiger partial charge in [-0.05, 0) is 41.9 Å². The summed E-state index contributed by atoms with van der Waals surface area (Å²) < 4.78 is 16.3. The summed E-state index contributed by atoms with van der Waals surface area (Å²) in [6, 6.07) is 6.13. The highest BCUT2D eigenvalue weighted by atomic mass is 79.9. The number of aryl methyl sites for hydroxylation is 1. The van der Waals surface area contributed by atoms with Gasteiger partial charge in [-0.1, -0.05) is 19.1 Å². The summed E-state index contributed by atoms with van der Waals surface area (Å²) in [5, 5.41) is 6.98. The lowest BCUT2D eigenvalue weighted by Crippen LogP contribution is -2.25. The SMILES string of the molecule is Cc1nn(C[C@@H](C)C(=O)Nc2ccccc2F)c(C)c1Br. The van der Waals surface area contributed by atoms with E-state index in [1.54, 1.807) is 29.8 Å². The van der Waals surface area contributed by atoms with Gasteiger partial charge < -0.3 is 5.32 Å². The Morgan fingerprint density at radius 1 is 1.43 bits per heavy atom. The van der Waals surface area contributed by atoms with Gasteiger partial charge in [-0.3, -0.25) is 9.48 Å². The predicted molar refractivity (Wildman–Crippen MR) is 83.6 cm³/mol. The number of halogens is 2. The van der Waals surface area contributed by atoms with Crippen molar-refractivity contribution in [1.29, 1.82) is 0 Å². The van der Waals surface area contributed by atoms with Gasteiger partial charge in [0.15, 0.2) is 0 Å². The molecule has 21 heavy (non-hydrogen) atoms. The largest absolute Gasteiger partial charge is 0.323 e. The average molecular weight is 354 g/mol. The summed E-state index contributed by atoms with van der Waals surface area (Å²) in [6.45, 7) is 6.07. The van der Waals surface area contributed by atoms with E-state index in [0.717, 1.165) is 15.9 Å². The second-order valence-corrected chi connectivity index (χ2v) is 5.83. The molecule has 0 bridgehead atoms. The monoisotopic (exact) mass is 353 g/mol. The molecule has 0 radical (unpaired) electrons. The molecular formula is C15H17BrFN3O. The number of carbonyl (C=O) groups is 1. The minimum absolute atomic E-state index is 0.198. The number of para-hydroxylation sites is 1. The molecular weight excluding hydrogens is 337 g/mol. The Morgan fingerprint density at radius 2 is 2.10 bits per heavy atom. The van der Waals surface area contributed by atoms with Gasteiger partial charge in [0, 0.05) is 5.69 Å². The van der Waals surface area contributed by atoms with Gasteiger partial charge in [-0.2, -0.15) is 5.10 Å². The second-order valence-electron chi connectivity index (χ2n) is 5.04.